The van der Waals surface area contributed by atoms with Crippen molar-refractivity contribution in [1.29, 1.82) is 0 Å². The lowest BCUT2D eigenvalue weighted by atomic mass is 9.98. The van der Waals surface area contributed by atoms with E-state index in [2.05, 4.69) is 34.5 Å². The fourth-order valence-corrected chi connectivity index (χ4v) is 4.24. The third kappa shape index (κ3) is 5.29. The minimum Gasteiger partial charge on any atom is -0.493 e. The van der Waals surface area contributed by atoms with Crippen molar-refractivity contribution in [3.8, 4) is 11.5 Å². The minimum atomic E-state index is -0.192. The van der Waals surface area contributed by atoms with Crippen LogP contribution in [0.5, 0.6) is 11.5 Å². The summed E-state index contributed by atoms with van der Waals surface area (Å²) in [7, 11) is 3.35. The van der Waals surface area contributed by atoms with E-state index in [1.54, 1.807) is 20.3 Å². The molecule has 1 aliphatic rings. The molecule has 0 aliphatic carbocycles. The zero-order valence-electron chi connectivity index (χ0n) is 19.5. The Morgan fingerprint density at radius 3 is 2.39 bits per heavy atom. The fraction of sp³-hybridized carbons (Fsp3) is 0.296. The first kappa shape index (κ1) is 22.7. The van der Waals surface area contributed by atoms with Crippen LogP contribution in [0.3, 0.4) is 0 Å². The predicted octanol–water partition coefficient (Wildman–Crippen LogP) is 4.45. The van der Waals surface area contributed by atoms with E-state index >= 15 is 0 Å². The van der Waals surface area contributed by atoms with Gasteiger partial charge < -0.3 is 20.5 Å². The first-order chi connectivity index (χ1) is 16.0. The number of nitrogens with zero attached hydrogens (tertiary/aromatic N) is 1. The maximum absolute atomic E-state index is 12.6. The quantitative estimate of drug-likeness (QED) is 0.526. The van der Waals surface area contributed by atoms with Gasteiger partial charge in [-0.2, -0.15) is 0 Å². The molecular weight excluding hydrogens is 414 g/mol. The Hall–Kier alpha value is -3.51. The lowest BCUT2D eigenvalue weighted by Gasteiger charge is -2.29. The number of benzene rings is 3. The largest absolute Gasteiger partial charge is 0.493 e. The highest BCUT2D eigenvalue weighted by Crippen LogP contribution is 2.33. The third-order valence-electron chi connectivity index (χ3n) is 6.18. The average Bonchev–Trinajstić information content (AvgIpc) is 2.84. The van der Waals surface area contributed by atoms with Crippen LogP contribution in [0.15, 0.2) is 54.6 Å². The van der Waals surface area contributed by atoms with Crippen molar-refractivity contribution >= 4 is 17.3 Å². The number of fused-ring (bicyclic) bond motifs is 1. The van der Waals surface area contributed by atoms with Gasteiger partial charge in [-0.25, -0.2) is 0 Å². The molecule has 172 valence electrons. The van der Waals surface area contributed by atoms with E-state index in [0.717, 1.165) is 55.2 Å². The summed E-state index contributed by atoms with van der Waals surface area (Å²) in [5, 5.41) is 2.94. The van der Waals surface area contributed by atoms with Crippen LogP contribution in [0.2, 0.25) is 0 Å². The molecule has 0 aromatic heterocycles. The second-order valence-corrected chi connectivity index (χ2v) is 8.49. The average molecular weight is 446 g/mol. The van der Waals surface area contributed by atoms with Gasteiger partial charge in [0.1, 0.15) is 0 Å². The first-order valence-corrected chi connectivity index (χ1v) is 11.2. The minimum absolute atomic E-state index is 0.192. The Labute approximate surface area is 195 Å². The number of ether oxygens (including phenoxy) is 2. The fourth-order valence-electron chi connectivity index (χ4n) is 4.24. The number of rotatable bonds is 7. The van der Waals surface area contributed by atoms with Crippen molar-refractivity contribution in [2.24, 2.45) is 0 Å². The molecule has 4 rings (SSSR count). The molecule has 33 heavy (non-hydrogen) atoms. The highest BCUT2D eigenvalue weighted by Gasteiger charge is 2.19. The van der Waals surface area contributed by atoms with E-state index in [9.17, 15) is 4.79 Å². The van der Waals surface area contributed by atoms with Crippen LogP contribution in [-0.2, 0) is 19.4 Å². The second-order valence-electron chi connectivity index (χ2n) is 8.49. The van der Waals surface area contributed by atoms with Crippen molar-refractivity contribution in [1.82, 2.24) is 4.90 Å². The number of amides is 1. The molecule has 6 heteroatoms. The molecule has 3 N–H and O–H groups in total. The summed E-state index contributed by atoms with van der Waals surface area (Å²) in [6.07, 6.45) is 1.95. The summed E-state index contributed by atoms with van der Waals surface area (Å²) in [5.74, 6) is 1.38. The van der Waals surface area contributed by atoms with Gasteiger partial charge in [0, 0.05) is 31.0 Å². The SMILES string of the molecule is COc1cc2c(cc1OC)CN(CCc1ccc(NC(=O)c3cc(C)ccc3N)cc1)CC2. The highest BCUT2D eigenvalue weighted by molar-refractivity contribution is 6.07. The van der Waals surface area contributed by atoms with Gasteiger partial charge in [-0.1, -0.05) is 23.8 Å². The van der Waals surface area contributed by atoms with Crippen LogP contribution in [0.25, 0.3) is 0 Å². The number of nitrogens with two attached hydrogens (primary N) is 1. The van der Waals surface area contributed by atoms with Crippen molar-refractivity contribution in [2.75, 3.05) is 38.4 Å². The van der Waals surface area contributed by atoms with Gasteiger partial charge in [0.2, 0.25) is 0 Å². The van der Waals surface area contributed by atoms with E-state index in [0.29, 0.717) is 11.3 Å². The summed E-state index contributed by atoms with van der Waals surface area (Å²) >= 11 is 0. The summed E-state index contributed by atoms with van der Waals surface area (Å²) in [6.45, 7) is 4.84. The van der Waals surface area contributed by atoms with Gasteiger partial charge in [0.25, 0.3) is 5.91 Å². The number of aryl methyl sites for hydroxylation is 1. The summed E-state index contributed by atoms with van der Waals surface area (Å²) in [6, 6.07) is 17.7. The molecule has 0 fully saturated rings. The molecule has 0 radical (unpaired) electrons. The Balaban J connectivity index is 1.34. The molecule has 1 aliphatic heterocycles. The van der Waals surface area contributed by atoms with E-state index < -0.39 is 0 Å². The van der Waals surface area contributed by atoms with Gasteiger partial charge in [0.05, 0.1) is 19.8 Å². The van der Waals surface area contributed by atoms with Crippen LogP contribution in [-0.4, -0.2) is 38.1 Å². The zero-order valence-corrected chi connectivity index (χ0v) is 19.5. The van der Waals surface area contributed by atoms with Crippen LogP contribution in [0.1, 0.15) is 32.6 Å². The summed E-state index contributed by atoms with van der Waals surface area (Å²) < 4.78 is 10.9. The molecule has 0 bridgehead atoms. The van der Waals surface area contributed by atoms with Gasteiger partial charge in [-0.05, 0) is 72.9 Å². The van der Waals surface area contributed by atoms with Gasteiger partial charge in [-0.3, -0.25) is 9.69 Å². The lowest BCUT2D eigenvalue weighted by molar-refractivity contribution is 0.102. The molecule has 0 atom stereocenters. The summed E-state index contributed by atoms with van der Waals surface area (Å²) in [4.78, 5) is 15.0. The van der Waals surface area contributed by atoms with Crippen LogP contribution < -0.4 is 20.5 Å². The van der Waals surface area contributed by atoms with Gasteiger partial charge >= 0.3 is 0 Å². The molecule has 0 saturated carbocycles. The number of carbonyl (C=O) groups is 1. The maximum Gasteiger partial charge on any atom is 0.257 e. The Kier molecular flexibility index (Phi) is 6.84. The third-order valence-corrected chi connectivity index (χ3v) is 6.18. The molecule has 0 spiro atoms. The Morgan fingerprint density at radius 1 is 1.00 bits per heavy atom. The molecule has 3 aromatic carbocycles. The Bertz CT molecular complexity index is 1140. The van der Waals surface area contributed by atoms with E-state index in [4.69, 9.17) is 15.2 Å². The number of anilines is 2. The number of hydrogen-bond donors (Lipinski definition) is 2. The van der Waals surface area contributed by atoms with Crippen LogP contribution in [0, 0.1) is 6.92 Å². The maximum atomic E-state index is 12.6. The molecule has 6 nitrogen and oxygen atoms in total. The van der Waals surface area contributed by atoms with E-state index in [-0.39, 0.29) is 5.91 Å². The number of nitrogens with one attached hydrogen (secondary N) is 1. The number of hydrogen-bond acceptors (Lipinski definition) is 5. The van der Waals surface area contributed by atoms with Crippen molar-refractivity contribution < 1.29 is 14.3 Å². The van der Waals surface area contributed by atoms with Gasteiger partial charge in [0.15, 0.2) is 11.5 Å². The second kappa shape index (κ2) is 9.96. The number of methoxy groups -OCH3 is 2. The Morgan fingerprint density at radius 2 is 1.70 bits per heavy atom. The number of nitrogen functional groups attached to an aromatic ring is 1. The smallest absolute Gasteiger partial charge is 0.257 e. The van der Waals surface area contributed by atoms with Crippen molar-refractivity contribution in [3.05, 3.63) is 82.4 Å². The lowest BCUT2D eigenvalue weighted by Crippen LogP contribution is -2.32. The number of carbonyl (C=O) groups excluding carboxylic acids is 1. The normalized spacial score (nSPS) is 13.3. The van der Waals surface area contributed by atoms with Gasteiger partial charge in [-0.15, -0.1) is 0 Å². The van der Waals surface area contributed by atoms with Crippen LogP contribution >= 0.6 is 0 Å². The van der Waals surface area contributed by atoms with E-state index in [1.807, 2.05) is 31.2 Å². The summed E-state index contributed by atoms with van der Waals surface area (Å²) in [5.41, 5.74) is 12.6. The van der Waals surface area contributed by atoms with Crippen molar-refractivity contribution in [2.45, 2.75) is 26.3 Å². The standard InChI is InChI=1S/C27H31N3O3/c1-18-4-9-24(28)23(14-18)27(31)29-22-7-5-19(6-8-22)10-12-30-13-11-20-15-25(32-2)26(33-3)16-21(20)17-30/h4-9,14-16H,10-13,17,28H2,1-3H3,(H,29,31). The molecule has 1 amide bonds. The molecule has 3 aromatic rings. The topological polar surface area (TPSA) is 76.8 Å². The van der Waals surface area contributed by atoms with Crippen LogP contribution in [0.4, 0.5) is 11.4 Å². The highest BCUT2D eigenvalue weighted by atomic mass is 16.5. The molecular formula is C27H31N3O3. The molecule has 0 unspecified atom stereocenters. The molecule has 0 saturated heterocycles. The van der Waals surface area contributed by atoms with Crippen molar-refractivity contribution in [3.63, 3.8) is 0 Å². The predicted molar refractivity (Wildman–Crippen MR) is 132 cm³/mol. The van der Waals surface area contributed by atoms with E-state index in [1.165, 1.54) is 16.7 Å². The monoisotopic (exact) mass is 445 g/mol. The zero-order chi connectivity index (χ0) is 23.4. The first-order valence-electron chi connectivity index (χ1n) is 11.2. The molecule has 1 heterocycles.